The molecule has 1 aromatic rings. The van der Waals surface area contributed by atoms with Crippen molar-refractivity contribution in [1.82, 2.24) is 10.2 Å². The number of rotatable bonds is 4. The molecule has 0 aliphatic carbocycles. The Balaban J connectivity index is 1.78. The van der Waals surface area contributed by atoms with Gasteiger partial charge in [0, 0.05) is 23.1 Å². The maximum absolute atomic E-state index is 11.8. The van der Waals surface area contributed by atoms with Crippen LogP contribution in [0.25, 0.3) is 0 Å². The van der Waals surface area contributed by atoms with Crippen LogP contribution in [0.3, 0.4) is 0 Å². The normalized spacial score (nSPS) is 14.5. The largest absolute Gasteiger partial charge is 0.448 e. The fourth-order valence-electron chi connectivity index (χ4n) is 1.64. The third-order valence-electron chi connectivity index (χ3n) is 2.62. The SMILES string of the molecule is O=C(NCCN1CCOC1=O)c1ccc(Br)cc1. The van der Waals surface area contributed by atoms with Crippen molar-refractivity contribution < 1.29 is 14.3 Å². The van der Waals surface area contributed by atoms with E-state index in [1.165, 1.54) is 0 Å². The average Bonchev–Trinajstić information content (AvgIpc) is 2.76. The Hall–Kier alpha value is -1.56. The van der Waals surface area contributed by atoms with Crippen molar-refractivity contribution in [1.29, 1.82) is 0 Å². The zero-order valence-electron chi connectivity index (χ0n) is 9.69. The van der Waals surface area contributed by atoms with Crippen molar-refractivity contribution in [2.24, 2.45) is 0 Å². The molecule has 2 amide bonds. The number of hydrogen-bond donors (Lipinski definition) is 1. The van der Waals surface area contributed by atoms with Crippen LogP contribution in [0.15, 0.2) is 28.7 Å². The van der Waals surface area contributed by atoms with Gasteiger partial charge < -0.3 is 15.0 Å². The maximum atomic E-state index is 11.8. The van der Waals surface area contributed by atoms with Crippen molar-refractivity contribution >= 4 is 27.9 Å². The predicted molar refractivity (Wildman–Crippen MR) is 69.4 cm³/mol. The van der Waals surface area contributed by atoms with Crippen LogP contribution in [-0.4, -0.2) is 43.1 Å². The Morgan fingerprint density at radius 1 is 1.39 bits per heavy atom. The summed E-state index contributed by atoms with van der Waals surface area (Å²) in [7, 11) is 0. The van der Waals surface area contributed by atoms with Crippen molar-refractivity contribution in [3.63, 3.8) is 0 Å². The Morgan fingerprint density at radius 3 is 2.72 bits per heavy atom. The molecule has 0 spiro atoms. The number of carbonyl (C=O) groups is 2. The first kappa shape index (κ1) is 12.9. The highest BCUT2D eigenvalue weighted by Gasteiger charge is 2.21. The molecule has 0 aromatic heterocycles. The Kier molecular flexibility index (Phi) is 4.19. The van der Waals surface area contributed by atoms with Crippen LogP contribution in [-0.2, 0) is 4.74 Å². The molecule has 0 radical (unpaired) electrons. The van der Waals surface area contributed by atoms with Crippen molar-refractivity contribution in [2.45, 2.75) is 0 Å². The van der Waals surface area contributed by atoms with E-state index in [4.69, 9.17) is 4.74 Å². The second-order valence-corrected chi connectivity index (χ2v) is 4.78. The minimum absolute atomic E-state index is 0.143. The maximum Gasteiger partial charge on any atom is 0.409 e. The van der Waals surface area contributed by atoms with Crippen LogP contribution in [0.2, 0.25) is 0 Å². The summed E-state index contributed by atoms with van der Waals surface area (Å²) in [5.74, 6) is -0.143. The first-order chi connectivity index (χ1) is 8.66. The second-order valence-electron chi connectivity index (χ2n) is 3.86. The number of halogens is 1. The van der Waals surface area contributed by atoms with Crippen LogP contribution in [0.5, 0.6) is 0 Å². The van der Waals surface area contributed by atoms with E-state index in [0.29, 0.717) is 31.8 Å². The number of ether oxygens (including phenoxy) is 1. The lowest BCUT2D eigenvalue weighted by atomic mass is 10.2. The predicted octanol–water partition coefficient (Wildman–Crippen LogP) is 1.63. The van der Waals surface area contributed by atoms with Crippen LogP contribution < -0.4 is 5.32 Å². The fourth-order valence-corrected chi connectivity index (χ4v) is 1.90. The van der Waals surface area contributed by atoms with Gasteiger partial charge in [-0.1, -0.05) is 15.9 Å². The summed E-state index contributed by atoms with van der Waals surface area (Å²) in [4.78, 5) is 24.5. The summed E-state index contributed by atoms with van der Waals surface area (Å²) >= 11 is 3.31. The van der Waals surface area contributed by atoms with Gasteiger partial charge in [0.2, 0.25) is 0 Å². The van der Waals surface area contributed by atoms with Gasteiger partial charge in [0.05, 0.1) is 6.54 Å². The molecule has 0 saturated carbocycles. The third kappa shape index (κ3) is 3.22. The lowest BCUT2D eigenvalue weighted by Crippen LogP contribution is -2.35. The first-order valence-electron chi connectivity index (χ1n) is 5.62. The molecule has 0 atom stereocenters. The zero-order valence-corrected chi connectivity index (χ0v) is 11.3. The molecule has 1 N–H and O–H groups in total. The number of amides is 2. The standard InChI is InChI=1S/C12H13BrN2O3/c13-10-3-1-9(2-4-10)11(16)14-5-6-15-7-8-18-12(15)17/h1-4H,5-8H2,(H,14,16). The Bertz CT molecular complexity index is 447. The lowest BCUT2D eigenvalue weighted by Gasteiger charge is -2.12. The molecular formula is C12H13BrN2O3. The molecule has 2 rings (SSSR count). The van der Waals surface area contributed by atoms with Gasteiger partial charge >= 0.3 is 6.09 Å². The molecule has 5 nitrogen and oxygen atoms in total. The number of carbonyl (C=O) groups excluding carboxylic acids is 2. The zero-order chi connectivity index (χ0) is 13.0. The fraction of sp³-hybridized carbons (Fsp3) is 0.333. The third-order valence-corrected chi connectivity index (χ3v) is 3.15. The monoisotopic (exact) mass is 312 g/mol. The molecule has 6 heteroatoms. The van der Waals surface area contributed by atoms with E-state index in [0.717, 1.165) is 4.47 Å². The summed E-state index contributed by atoms with van der Waals surface area (Å²) < 4.78 is 5.72. The summed E-state index contributed by atoms with van der Waals surface area (Å²) in [6.07, 6.45) is -0.312. The first-order valence-corrected chi connectivity index (χ1v) is 6.41. The van der Waals surface area contributed by atoms with Gasteiger partial charge in [-0.15, -0.1) is 0 Å². The second kappa shape index (κ2) is 5.86. The average molecular weight is 313 g/mol. The van der Waals surface area contributed by atoms with Crippen molar-refractivity contribution in [2.75, 3.05) is 26.2 Å². The van der Waals surface area contributed by atoms with Crippen molar-refractivity contribution in [3.8, 4) is 0 Å². The van der Waals surface area contributed by atoms with Crippen LogP contribution in [0.1, 0.15) is 10.4 Å². The van der Waals surface area contributed by atoms with E-state index in [-0.39, 0.29) is 12.0 Å². The number of nitrogens with one attached hydrogen (secondary N) is 1. The van der Waals surface area contributed by atoms with Gasteiger partial charge in [-0.3, -0.25) is 4.79 Å². The van der Waals surface area contributed by atoms with Crippen LogP contribution >= 0.6 is 15.9 Å². The molecule has 1 aliphatic heterocycles. The lowest BCUT2D eigenvalue weighted by molar-refractivity contribution is 0.0949. The molecule has 96 valence electrons. The Labute approximate surface area is 113 Å². The summed E-state index contributed by atoms with van der Waals surface area (Å²) in [6.45, 7) is 1.91. The van der Waals surface area contributed by atoms with E-state index in [1.54, 1.807) is 17.0 Å². The van der Waals surface area contributed by atoms with E-state index in [1.807, 2.05) is 12.1 Å². The van der Waals surface area contributed by atoms with E-state index in [2.05, 4.69) is 21.2 Å². The highest BCUT2D eigenvalue weighted by molar-refractivity contribution is 9.10. The number of hydrogen-bond acceptors (Lipinski definition) is 3. The van der Waals surface area contributed by atoms with Crippen molar-refractivity contribution in [3.05, 3.63) is 34.3 Å². The molecule has 1 fully saturated rings. The minimum Gasteiger partial charge on any atom is -0.448 e. The van der Waals surface area contributed by atoms with E-state index >= 15 is 0 Å². The van der Waals surface area contributed by atoms with Gasteiger partial charge in [0.25, 0.3) is 5.91 Å². The number of nitrogens with zero attached hydrogens (tertiary/aromatic N) is 1. The molecule has 1 heterocycles. The summed E-state index contributed by atoms with van der Waals surface area (Å²) in [5.41, 5.74) is 0.599. The van der Waals surface area contributed by atoms with Gasteiger partial charge in [0.1, 0.15) is 6.61 Å². The van der Waals surface area contributed by atoms with Crippen LogP contribution in [0, 0.1) is 0 Å². The molecule has 1 saturated heterocycles. The van der Waals surface area contributed by atoms with E-state index < -0.39 is 0 Å². The molecular weight excluding hydrogens is 300 g/mol. The molecule has 0 unspecified atom stereocenters. The highest BCUT2D eigenvalue weighted by Crippen LogP contribution is 2.10. The number of benzene rings is 1. The topological polar surface area (TPSA) is 58.6 Å². The number of cyclic esters (lactones) is 1. The minimum atomic E-state index is -0.312. The van der Waals surface area contributed by atoms with E-state index in [9.17, 15) is 9.59 Å². The van der Waals surface area contributed by atoms with Gasteiger partial charge in [-0.25, -0.2) is 4.79 Å². The van der Waals surface area contributed by atoms with Crippen LogP contribution in [0.4, 0.5) is 4.79 Å². The Morgan fingerprint density at radius 2 is 2.11 bits per heavy atom. The molecule has 1 aromatic carbocycles. The molecule has 18 heavy (non-hydrogen) atoms. The van der Waals surface area contributed by atoms with Gasteiger partial charge in [-0.05, 0) is 24.3 Å². The summed E-state index contributed by atoms with van der Waals surface area (Å²) in [5, 5.41) is 2.76. The summed E-state index contributed by atoms with van der Waals surface area (Å²) in [6, 6.07) is 7.10. The molecule has 0 bridgehead atoms. The van der Waals surface area contributed by atoms with Gasteiger partial charge in [0.15, 0.2) is 0 Å². The van der Waals surface area contributed by atoms with Gasteiger partial charge in [-0.2, -0.15) is 0 Å². The molecule has 1 aliphatic rings. The quantitative estimate of drug-likeness (QED) is 0.919. The highest BCUT2D eigenvalue weighted by atomic mass is 79.9. The smallest absolute Gasteiger partial charge is 0.409 e.